The number of nitrogens with zero attached hydrogens (tertiary/aromatic N) is 4. The molecule has 1 saturated heterocycles. The summed E-state index contributed by atoms with van der Waals surface area (Å²) < 4.78 is 2.04. The Labute approximate surface area is 175 Å². The van der Waals surface area contributed by atoms with E-state index in [-0.39, 0.29) is 6.61 Å². The van der Waals surface area contributed by atoms with Crippen molar-refractivity contribution in [3.63, 3.8) is 0 Å². The zero-order valence-corrected chi connectivity index (χ0v) is 18.1. The molecule has 4 rings (SSSR count). The highest BCUT2D eigenvalue weighted by molar-refractivity contribution is 5.37. The quantitative estimate of drug-likeness (QED) is 0.809. The summed E-state index contributed by atoms with van der Waals surface area (Å²) in [6, 6.07) is 12.1. The Morgan fingerprint density at radius 2 is 1.90 bits per heavy atom. The first-order chi connectivity index (χ1) is 14.1. The lowest BCUT2D eigenvalue weighted by Crippen LogP contribution is -2.56. The highest BCUT2D eigenvalue weighted by Gasteiger charge is 2.32. The van der Waals surface area contributed by atoms with Crippen LogP contribution in [0.5, 0.6) is 0 Å². The summed E-state index contributed by atoms with van der Waals surface area (Å²) in [5.41, 5.74) is 4.70. The number of benzene rings is 1. The van der Waals surface area contributed by atoms with Gasteiger partial charge in [-0.3, -0.25) is 9.80 Å². The van der Waals surface area contributed by atoms with Crippen LogP contribution in [0.3, 0.4) is 0 Å². The second-order valence-corrected chi connectivity index (χ2v) is 8.94. The van der Waals surface area contributed by atoms with Crippen LogP contribution in [0.2, 0.25) is 0 Å². The molecule has 2 aliphatic rings. The van der Waals surface area contributed by atoms with E-state index in [1.165, 1.54) is 43.4 Å². The number of aryl methyl sites for hydroxylation is 2. The second kappa shape index (κ2) is 9.41. The van der Waals surface area contributed by atoms with Crippen molar-refractivity contribution in [3.8, 4) is 5.69 Å². The largest absolute Gasteiger partial charge is 0.396 e. The van der Waals surface area contributed by atoms with Gasteiger partial charge in [0.1, 0.15) is 0 Å². The van der Waals surface area contributed by atoms with E-state index in [4.69, 9.17) is 0 Å². The van der Waals surface area contributed by atoms with Gasteiger partial charge in [-0.25, -0.2) is 4.68 Å². The Balaban J connectivity index is 1.43. The maximum Gasteiger partial charge on any atom is 0.0651 e. The van der Waals surface area contributed by atoms with E-state index < -0.39 is 0 Å². The smallest absolute Gasteiger partial charge is 0.0651 e. The summed E-state index contributed by atoms with van der Waals surface area (Å²) in [5.74, 6) is 0. The van der Waals surface area contributed by atoms with Crippen LogP contribution in [0.15, 0.2) is 30.3 Å². The maximum atomic E-state index is 9.65. The van der Waals surface area contributed by atoms with E-state index in [0.717, 1.165) is 50.0 Å². The maximum absolute atomic E-state index is 9.65. The molecule has 0 bridgehead atoms. The zero-order chi connectivity index (χ0) is 20.2. The molecule has 1 N–H and O–H groups in total. The molecule has 2 heterocycles. The molecule has 0 spiro atoms. The molecule has 1 aromatic heterocycles. The topological polar surface area (TPSA) is 44.5 Å². The molecule has 158 valence electrons. The minimum Gasteiger partial charge on any atom is -0.396 e. The monoisotopic (exact) mass is 396 g/mol. The molecule has 5 heteroatoms. The molecule has 0 amide bonds. The predicted octanol–water partition coefficient (Wildman–Crippen LogP) is 3.69. The van der Waals surface area contributed by atoms with Crippen LogP contribution in [0.4, 0.5) is 0 Å². The minimum absolute atomic E-state index is 0.287. The number of piperazine rings is 1. The number of hydrogen-bond donors (Lipinski definition) is 1. The first-order valence-corrected chi connectivity index (χ1v) is 11.4. The Morgan fingerprint density at radius 3 is 2.62 bits per heavy atom. The van der Waals surface area contributed by atoms with Gasteiger partial charge in [-0.1, -0.05) is 31.4 Å². The molecular formula is C24H36N4O. The van der Waals surface area contributed by atoms with Crippen molar-refractivity contribution < 1.29 is 5.11 Å². The lowest BCUT2D eigenvalue weighted by Gasteiger charge is -2.46. The number of hydrogen-bond acceptors (Lipinski definition) is 4. The van der Waals surface area contributed by atoms with Crippen LogP contribution < -0.4 is 0 Å². The van der Waals surface area contributed by atoms with E-state index in [9.17, 15) is 5.11 Å². The lowest BCUT2D eigenvalue weighted by atomic mass is 9.91. The van der Waals surface area contributed by atoms with Gasteiger partial charge in [-0.05, 0) is 56.9 Å². The third-order valence-electron chi connectivity index (χ3n) is 6.69. The molecule has 0 radical (unpaired) electrons. The van der Waals surface area contributed by atoms with E-state index in [1.54, 1.807) is 0 Å². The Hall–Kier alpha value is -1.69. The van der Waals surface area contributed by atoms with Gasteiger partial charge >= 0.3 is 0 Å². The molecule has 2 fully saturated rings. The molecule has 1 aromatic carbocycles. The summed E-state index contributed by atoms with van der Waals surface area (Å²) in [6.07, 6.45) is 7.70. The second-order valence-electron chi connectivity index (χ2n) is 8.94. The van der Waals surface area contributed by atoms with Crippen molar-refractivity contribution in [2.24, 2.45) is 0 Å². The average Bonchev–Trinajstić information content (AvgIpc) is 3.07. The number of aliphatic hydroxyl groups is 1. The van der Waals surface area contributed by atoms with Gasteiger partial charge in [0.15, 0.2) is 0 Å². The van der Waals surface area contributed by atoms with Crippen LogP contribution >= 0.6 is 0 Å². The average molecular weight is 397 g/mol. The molecule has 1 saturated carbocycles. The molecule has 2 aromatic rings. The fourth-order valence-electron chi connectivity index (χ4n) is 5.31. The van der Waals surface area contributed by atoms with Crippen molar-refractivity contribution in [2.45, 2.75) is 71.0 Å². The summed E-state index contributed by atoms with van der Waals surface area (Å²) in [4.78, 5) is 5.29. The molecule has 1 atom stereocenters. The van der Waals surface area contributed by atoms with Crippen molar-refractivity contribution in [3.05, 3.63) is 47.3 Å². The third-order valence-corrected chi connectivity index (χ3v) is 6.69. The fourth-order valence-corrected chi connectivity index (χ4v) is 5.31. The van der Waals surface area contributed by atoms with Crippen molar-refractivity contribution >= 4 is 0 Å². The Morgan fingerprint density at radius 1 is 1.07 bits per heavy atom. The molecule has 5 nitrogen and oxygen atoms in total. The lowest BCUT2D eigenvalue weighted by molar-refractivity contribution is 0.0137. The Bertz CT molecular complexity index is 796. The summed E-state index contributed by atoms with van der Waals surface area (Å²) in [6.45, 7) is 8.70. The van der Waals surface area contributed by atoms with Gasteiger partial charge in [0.2, 0.25) is 0 Å². The molecule has 1 aliphatic carbocycles. The third kappa shape index (κ3) is 4.90. The normalized spacial score (nSPS) is 22.2. The molecular weight excluding hydrogens is 360 g/mol. The first kappa shape index (κ1) is 20.6. The number of aliphatic hydroxyl groups excluding tert-OH is 1. The van der Waals surface area contributed by atoms with Crippen molar-refractivity contribution in [1.29, 1.82) is 0 Å². The van der Waals surface area contributed by atoms with Crippen LogP contribution in [0.1, 0.15) is 55.5 Å². The zero-order valence-electron chi connectivity index (χ0n) is 18.1. The molecule has 1 aliphatic heterocycles. The van der Waals surface area contributed by atoms with Gasteiger partial charge in [-0.15, -0.1) is 0 Å². The van der Waals surface area contributed by atoms with Crippen molar-refractivity contribution in [2.75, 3.05) is 26.2 Å². The SMILES string of the molecule is Cc1cc(C)n(-c2cccc(CN3CCN(C4CCCCC4)C(CCO)C3)c2)n1. The van der Waals surface area contributed by atoms with Gasteiger partial charge in [0, 0.05) is 50.6 Å². The van der Waals surface area contributed by atoms with E-state index in [1.807, 2.05) is 11.6 Å². The summed E-state index contributed by atoms with van der Waals surface area (Å²) >= 11 is 0. The number of aromatic nitrogens is 2. The van der Waals surface area contributed by atoms with Crippen LogP contribution in [0, 0.1) is 13.8 Å². The predicted molar refractivity (Wildman–Crippen MR) is 117 cm³/mol. The standard InChI is InChI=1S/C24H36N4O/c1-19-15-20(2)28(25-19)23-10-6-7-21(16-23)17-26-12-13-27(24(18-26)11-14-29)22-8-4-3-5-9-22/h6-7,10,15-16,22,24,29H,3-5,8-9,11-14,17-18H2,1-2H3. The highest BCUT2D eigenvalue weighted by Crippen LogP contribution is 2.27. The minimum atomic E-state index is 0.287. The van der Waals surface area contributed by atoms with E-state index in [0.29, 0.717) is 6.04 Å². The van der Waals surface area contributed by atoms with Gasteiger partial charge < -0.3 is 5.11 Å². The highest BCUT2D eigenvalue weighted by atomic mass is 16.3. The fraction of sp³-hybridized carbons (Fsp3) is 0.625. The Kier molecular flexibility index (Phi) is 6.68. The van der Waals surface area contributed by atoms with E-state index in [2.05, 4.69) is 52.2 Å². The molecule has 29 heavy (non-hydrogen) atoms. The molecule has 1 unspecified atom stereocenters. The van der Waals surface area contributed by atoms with Gasteiger partial charge in [-0.2, -0.15) is 5.10 Å². The summed E-state index contributed by atoms with van der Waals surface area (Å²) in [7, 11) is 0. The summed E-state index contributed by atoms with van der Waals surface area (Å²) in [5, 5.41) is 14.3. The first-order valence-electron chi connectivity index (χ1n) is 11.4. The van der Waals surface area contributed by atoms with Crippen LogP contribution in [0.25, 0.3) is 5.69 Å². The van der Waals surface area contributed by atoms with Gasteiger partial charge in [0.05, 0.1) is 11.4 Å². The van der Waals surface area contributed by atoms with Crippen LogP contribution in [-0.2, 0) is 6.54 Å². The van der Waals surface area contributed by atoms with E-state index >= 15 is 0 Å². The van der Waals surface area contributed by atoms with Gasteiger partial charge in [0.25, 0.3) is 0 Å². The number of rotatable bonds is 6. The van der Waals surface area contributed by atoms with Crippen LogP contribution in [-0.4, -0.2) is 63.0 Å². The van der Waals surface area contributed by atoms with Crippen molar-refractivity contribution in [1.82, 2.24) is 19.6 Å².